The van der Waals surface area contributed by atoms with Crippen molar-refractivity contribution in [3.63, 3.8) is 0 Å². The molecule has 3 rings (SSSR count). The second-order valence-corrected chi connectivity index (χ2v) is 6.13. The van der Waals surface area contributed by atoms with Gasteiger partial charge in [0.25, 0.3) is 0 Å². The predicted octanol–water partition coefficient (Wildman–Crippen LogP) is 4.39. The maximum absolute atomic E-state index is 12.1. The van der Waals surface area contributed by atoms with Gasteiger partial charge in [0.15, 0.2) is 0 Å². The molecule has 5 nitrogen and oxygen atoms in total. The molecular weight excluding hydrogens is 326 g/mol. The van der Waals surface area contributed by atoms with Crippen molar-refractivity contribution in [3.05, 3.63) is 58.5 Å². The number of nitrogens with zero attached hydrogens (tertiary/aromatic N) is 1. The first kappa shape index (κ1) is 16.3. The van der Waals surface area contributed by atoms with E-state index >= 15 is 0 Å². The SMILES string of the molecule is COc1ccc(-c2nc(COC(=O)c3cc(C)oc3C)cs2)cc1. The number of carbonyl (C=O) groups excluding carboxylic acids is 1. The van der Waals surface area contributed by atoms with E-state index in [2.05, 4.69) is 4.98 Å². The molecule has 2 aromatic heterocycles. The molecule has 2 heterocycles. The van der Waals surface area contributed by atoms with Gasteiger partial charge in [-0.25, -0.2) is 9.78 Å². The molecule has 1 aromatic carbocycles. The fourth-order valence-corrected chi connectivity index (χ4v) is 3.10. The van der Waals surface area contributed by atoms with E-state index in [9.17, 15) is 4.79 Å². The van der Waals surface area contributed by atoms with Crippen molar-refractivity contribution in [2.45, 2.75) is 20.5 Å². The lowest BCUT2D eigenvalue weighted by Crippen LogP contribution is -2.05. The molecule has 0 radical (unpaired) electrons. The van der Waals surface area contributed by atoms with Gasteiger partial charge in [0.1, 0.15) is 34.4 Å². The molecule has 0 fully saturated rings. The normalized spacial score (nSPS) is 10.6. The highest BCUT2D eigenvalue weighted by Gasteiger charge is 2.15. The highest BCUT2D eigenvalue weighted by molar-refractivity contribution is 7.13. The van der Waals surface area contributed by atoms with Gasteiger partial charge >= 0.3 is 5.97 Å². The van der Waals surface area contributed by atoms with Gasteiger partial charge in [0.05, 0.1) is 12.8 Å². The molecule has 24 heavy (non-hydrogen) atoms. The van der Waals surface area contributed by atoms with Crippen molar-refractivity contribution in [3.8, 4) is 16.3 Å². The number of esters is 1. The van der Waals surface area contributed by atoms with Gasteiger partial charge in [-0.05, 0) is 44.2 Å². The summed E-state index contributed by atoms with van der Waals surface area (Å²) in [6, 6.07) is 9.36. The van der Waals surface area contributed by atoms with Crippen molar-refractivity contribution in [1.82, 2.24) is 4.98 Å². The molecule has 0 bridgehead atoms. The number of hydrogen-bond donors (Lipinski definition) is 0. The van der Waals surface area contributed by atoms with E-state index in [0.717, 1.165) is 22.0 Å². The number of thiazole rings is 1. The third kappa shape index (κ3) is 3.49. The number of carbonyl (C=O) groups is 1. The van der Waals surface area contributed by atoms with E-state index in [1.165, 1.54) is 11.3 Å². The van der Waals surface area contributed by atoms with Crippen LogP contribution >= 0.6 is 11.3 Å². The van der Waals surface area contributed by atoms with Crippen molar-refractivity contribution in [1.29, 1.82) is 0 Å². The molecule has 0 spiro atoms. The lowest BCUT2D eigenvalue weighted by molar-refractivity contribution is 0.0466. The van der Waals surface area contributed by atoms with Crippen molar-refractivity contribution in [2.75, 3.05) is 7.11 Å². The number of rotatable bonds is 5. The number of aromatic nitrogens is 1. The molecule has 0 aliphatic rings. The summed E-state index contributed by atoms with van der Waals surface area (Å²) in [7, 11) is 1.63. The molecule has 3 aromatic rings. The quantitative estimate of drug-likeness (QED) is 0.643. The summed E-state index contributed by atoms with van der Waals surface area (Å²) in [6.45, 7) is 3.68. The summed E-state index contributed by atoms with van der Waals surface area (Å²) < 4.78 is 15.8. The van der Waals surface area contributed by atoms with Gasteiger partial charge < -0.3 is 13.9 Å². The standard InChI is InChI=1S/C18H17NO4S/c1-11-8-16(12(2)23-11)18(20)22-9-14-10-24-17(19-14)13-4-6-15(21-3)7-5-13/h4-8,10H,9H2,1-3H3. The van der Waals surface area contributed by atoms with E-state index in [4.69, 9.17) is 13.9 Å². The van der Waals surface area contributed by atoms with Crippen LogP contribution in [0, 0.1) is 13.8 Å². The summed E-state index contributed by atoms with van der Waals surface area (Å²) >= 11 is 1.51. The molecule has 6 heteroatoms. The van der Waals surface area contributed by atoms with Crippen LogP contribution in [0.25, 0.3) is 10.6 Å². The summed E-state index contributed by atoms with van der Waals surface area (Å²) in [5, 5.41) is 2.76. The fourth-order valence-electron chi connectivity index (χ4n) is 2.29. The minimum absolute atomic E-state index is 0.134. The van der Waals surface area contributed by atoms with Crippen LogP contribution in [0.2, 0.25) is 0 Å². The lowest BCUT2D eigenvalue weighted by Gasteiger charge is -2.02. The van der Waals surface area contributed by atoms with Crippen LogP contribution in [0.1, 0.15) is 27.6 Å². The van der Waals surface area contributed by atoms with Crippen LogP contribution in [-0.4, -0.2) is 18.1 Å². The lowest BCUT2D eigenvalue weighted by atomic mass is 10.2. The van der Waals surface area contributed by atoms with Crippen LogP contribution in [0.3, 0.4) is 0 Å². The Morgan fingerprint density at radius 1 is 1.25 bits per heavy atom. The zero-order valence-corrected chi connectivity index (χ0v) is 14.5. The zero-order valence-electron chi connectivity index (χ0n) is 13.7. The van der Waals surface area contributed by atoms with E-state index in [1.54, 1.807) is 27.0 Å². The zero-order chi connectivity index (χ0) is 17.1. The Balaban J connectivity index is 1.65. The molecule has 0 saturated heterocycles. The number of methoxy groups -OCH3 is 1. The molecule has 0 unspecified atom stereocenters. The molecule has 124 valence electrons. The number of hydrogen-bond acceptors (Lipinski definition) is 6. The number of ether oxygens (including phenoxy) is 2. The summed E-state index contributed by atoms with van der Waals surface area (Å²) in [5.41, 5.74) is 2.18. The number of aryl methyl sites for hydroxylation is 2. The van der Waals surface area contributed by atoms with Gasteiger partial charge in [0.2, 0.25) is 0 Å². The first-order valence-electron chi connectivity index (χ1n) is 7.40. The van der Waals surface area contributed by atoms with Crippen LogP contribution in [-0.2, 0) is 11.3 Å². The molecule has 0 amide bonds. The van der Waals surface area contributed by atoms with Crippen LogP contribution in [0.5, 0.6) is 5.75 Å². The maximum atomic E-state index is 12.1. The van der Waals surface area contributed by atoms with Crippen molar-refractivity contribution >= 4 is 17.3 Å². The van der Waals surface area contributed by atoms with E-state index in [1.807, 2.05) is 29.6 Å². The Morgan fingerprint density at radius 2 is 2.00 bits per heavy atom. The van der Waals surface area contributed by atoms with Gasteiger partial charge in [0, 0.05) is 10.9 Å². The van der Waals surface area contributed by atoms with Gasteiger partial charge in [-0.3, -0.25) is 0 Å². The third-order valence-electron chi connectivity index (χ3n) is 3.50. The Hall–Kier alpha value is -2.60. The van der Waals surface area contributed by atoms with Crippen LogP contribution in [0.4, 0.5) is 0 Å². The van der Waals surface area contributed by atoms with E-state index in [-0.39, 0.29) is 6.61 Å². The molecule has 0 saturated carbocycles. The second kappa shape index (κ2) is 6.88. The van der Waals surface area contributed by atoms with Crippen LogP contribution < -0.4 is 4.74 Å². The summed E-state index contributed by atoms with van der Waals surface area (Å²) in [6.07, 6.45) is 0. The molecule has 0 aliphatic heterocycles. The first-order valence-corrected chi connectivity index (χ1v) is 8.28. The Bertz CT molecular complexity index is 848. The van der Waals surface area contributed by atoms with Crippen LogP contribution in [0.15, 0.2) is 40.1 Å². The summed E-state index contributed by atoms with van der Waals surface area (Å²) in [4.78, 5) is 16.6. The van der Waals surface area contributed by atoms with Gasteiger partial charge in [-0.15, -0.1) is 11.3 Å². The fraction of sp³-hybridized carbons (Fsp3) is 0.222. The minimum atomic E-state index is -0.400. The van der Waals surface area contributed by atoms with Gasteiger partial charge in [-0.1, -0.05) is 0 Å². The number of benzene rings is 1. The molecule has 0 N–H and O–H groups in total. The highest BCUT2D eigenvalue weighted by atomic mass is 32.1. The Labute approximate surface area is 143 Å². The average Bonchev–Trinajstić information content (AvgIpc) is 3.19. The minimum Gasteiger partial charge on any atom is -0.497 e. The van der Waals surface area contributed by atoms with E-state index in [0.29, 0.717) is 17.1 Å². The Kier molecular flexibility index (Phi) is 4.66. The predicted molar refractivity (Wildman–Crippen MR) is 91.4 cm³/mol. The van der Waals surface area contributed by atoms with E-state index < -0.39 is 5.97 Å². The molecular formula is C18H17NO4S. The first-order chi connectivity index (χ1) is 11.6. The molecule has 0 aliphatic carbocycles. The topological polar surface area (TPSA) is 61.6 Å². The summed E-state index contributed by atoms with van der Waals surface area (Å²) in [5.74, 6) is 1.66. The highest BCUT2D eigenvalue weighted by Crippen LogP contribution is 2.26. The number of furan rings is 1. The third-order valence-corrected chi connectivity index (χ3v) is 4.44. The van der Waals surface area contributed by atoms with Crippen molar-refractivity contribution in [2.24, 2.45) is 0 Å². The van der Waals surface area contributed by atoms with Gasteiger partial charge in [-0.2, -0.15) is 0 Å². The Morgan fingerprint density at radius 3 is 2.62 bits per heavy atom. The second-order valence-electron chi connectivity index (χ2n) is 5.28. The largest absolute Gasteiger partial charge is 0.497 e. The smallest absolute Gasteiger partial charge is 0.342 e. The average molecular weight is 343 g/mol. The molecule has 0 atom stereocenters. The maximum Gasteiger partial charge on any atom is 0.342 e. The van der Waals surface area contributed by atoms with Crippen molar-refractivity contribution < 1.29 is 18.7 Å². The monoisotopic (exact) mass is 343 g/mol.